The molecule has 5 heteroatoms. The fourth-order valence-corrected chi connectivity index (χ4v) is 1.96. The first-order chi connectivity index (χ1) is 9.52. The maximum Gasteiger partial charge on any atom is 0.416 e. The van der Waals surface area contributed by atoms with Crippen LogP contribution in [0.1, 0.15) is 16.7 Å². The van der Waals surface area contributed by atoms with Crippen molar-refractivity contribution in [3.05, 3.63) is 71.3 Å². The standard InChI is InChI=1S/C15H12F3NO/c16-15(17,18)13-9-5-4-8-12(13)10-14(19-20)11-6-2-1-3-7-11/h1-9,20H,10H2. The predicted molar refractivity (Wildman–Crippen MR) is 69.9 cm³/mol. The number of nitrogens with zero attached hydrogens (tertiary/aromatic N) is 1. The lowest BCUT2D eigenvalue weighted by Gasteiger charge is -2.13. The lowest BCUT2D eigenvalue weighted by molar-refractivity contribution is -0.138. The fraction of sp³-hybridized carbons (Fsp3) is 0.133. The second kappa shape index (κ2) is 5.77. The van der Waals surface area contributed by atoms with Crippen molar-refractivity contribution in [3.8, 4) is 0 Å². The highest BCUT2D eigenvalue weighted by Crippen LogP contribution is 2.32. The first kappa shape index (κ1) is 14.1. The zero-order chi connectivity index (χ0) is 14.6. The Labute approximate surface area is 114 Å². The topological polar surface area (TPSA) is 32.6 Å². The Morgan fingerprint density at radius 1 is 0.950 bits per heavy atom. The van der Waals surface area contributed by atoms with Gasteiger partial charge < -0.3 is 5.21 Å². The Balaban J connectivity index is 2.35. The smallest absolute Gasteiger partial charge is 0.411 e. The molecule has 0 radical (unpaired) electrons. The molecule has 0 aliphatic carbocycles. The van der Waals surface area contributed by atoms with Crippen LogP contribution < -0.4 is 0 Å². The van der Waals surface area contributed by atoms with Crippen LogP contribution in [0.2, 0.25) is 0 Å². The second-order valence-corrected chi connectivity index (χ2v) is 4.24. The van der Waals surface area contributed by atoms with Gasteiger partial charge >= 0.3 is 6.18 Å². The lowest BCUT2D eigenvalue weighted by Crippen LogP contribution is -2.13. The fourth-order valence-electron chi connectivity index (χ4n) is 1.96. The van der Waals surface area contributed by atoms with Crippen LogP contribution in [0.4, 0.5) is 13.2 Å². The third kappa shape index (κ3) is 3.17. The van der Waals surface area contributed by atoms with Crippen LogP contribution in [0.15, 0.2) is 59.8 Å². The maximum absolute atomic E-state index is 12.9. The van der Waals surface area contributed by atoms with Gasteiger partial charge in [0.15, 0.2) is 0 Å². The van der Waals surface area contributed by atoms with Crippen molar-refractivity contribution in [2.75, 3.05) is 0 Å². The summed E-state index contributed by atoms with van der Waals surface area (Å²) in [6, 6.07) is 13.9. The molecule has 0 saturated carbocycles. The third-order valence-corrected chi connectivity index (χ3v) is 2.91. The van der Waals surface area contributed by atoms with Crippen LogP contribution in [0.3, 0.4) is 0 Å². The minimum Gasteiger partial charge on any atom is -0.411 e. The zero-order valence-electron chi connectivity index (χ0n) is 10.4. The van der Waals surface area contributed by atoms with Crippen LogP contribution in [-0.2, 0) is 12.6 Å². The molecule has 20 heavy (non-hydrogen) atoms. The van der Waals surface area contributed by atoms with E-state index in [2.05, 4.69) is 5.16 Å². The predicted octanol–water partition coefficient (Wildman–Crippen LogP) is 4.13. The quantitative estimate of drug-likeness (QED) is 0.511. The largest absolute Gasteiger partial charge is 0.416 e. The molecule has 0 unspecified atom stereocenters. The molecule has 0 heterocycles. The molecule has 1 N–H and O–H groups in total. The zero-order valence-corrected chi connectivity index (χ0v) is 10.4. The SMILES string of the molecule is ON=C(Cc1ccccc1C(F)(F)F)c1ccccc1. The minimum atomic E-state index is -4.42. The molecular formula is C15H12F3NO. The molecule has 0 aliphatic heterocycles. The van der Waals surface area contributed by atoms with Crippen LogP contribution >= 0.6 is 0 Å². The van der Waals surface area contributed by atoms with Gasteiger partial charge in [-0.2, -0.15) is 13.2 Å². The highest BCUT2D eigenvalue weighted by Gasteiger charge is 2.33. The average molecular weight is 279 g/mol. The van der Waals surface area contributed by atoms with E-state index in [0.717, 1.165) is 6.07 Å². The van der Waals surface area contributed by atoms with Crippen molar-refractivity contribution < 1.29 is 18.4 Å². The van der Waals surface area contributed by atoms with E-state index < -0.39 is 11.7 Å². The molecule has 0 bridgehead atoms. The summed E-state index contributed by atoms with van der Waals surface area (Å²) in [5.41, 5.74) is 0.156. The van der Waals surface area contributed by atoms with Gasteiger partial charge in [0.05, 0.1) is 11.3 Å². The van der Waals surface area contributed by atoms with E-state index in [1.807, 2.05) is 0 Å². The molecular weight excluding hydrogens is 267 g/mol. The summed E-state index contributed by atoms with van der Waals surface area (Å²) in [5, 5.41) is 12.2. The van der Waals surface area contributed by atoms with Gasteiger partial charge in [0.25, 0.3) is 0 Å². The molecule has 104 valence electrons. The molecule has 0 atom stereocenters. The Morgan fingerprint density at radius 2 is 1.55 bits per heavy atom. The van der Waals surface area contributed by atoms with Gasteiger partial charge in [-0.15, -0.1) is 0 Å². The Morgan fingerprint density at radius 3 is 2.15 bits per heavy atom. The summed E-state index contributed by atoms with van der Waals surface area (Å²) >= 11 is 0. The summed E-state index contributed by atoms with van der Waals surface area (Å²) in [4.78, 5) is 0. The van der Waals surface area contributed by atoms with E-state index in [4.69, 9.17) is 5.21 Å². The molecule has 2 aromatic rings. The lowest BCUT2D eigenvalue weighted by atomic mass is 9.98. The summed E-state index contributed by atoms with van der Waals surface area (Å²) in [7, 11) is 0. The number of rotatable bonds is 3. The summed E-state index contributed by atoms with van der Waals surface area (Å²) < 4.78 is 38.7. The Kier molecular flexibility index (Phi) is 4.08. The Bertz CT molecular complexity index is 606. The molecule has 0 spiro atoms. The second-order valence-electron chi connectivity index (χ2n) is 4.24. The normalized spacial score (nSPS) is 12.4. The van der Waals surface area contributed by atoms with Crippen molar-refractivity contribution in [1.29, 1.82) is 0 Å². The monoisotopic (exact) mass is 279 g/mol. The highest BCUT2D eigenvalue weighted by molar-refractivity contribution is 6.01. The summed E-state index contributed by atoms with van der Waals surface area (Å²) in [6.45, 7) is 0. The molecule has 2 aromatic carbocycles. The van der Waals surface area contributed by atoms with E-state index in [1.165, 1.54) is 18.2 Å². The minimum absolute atomic E-state index is 0.0802. The van der Waals surface area contributed by atoms with E-state index in [0.29, 0.717) is 5.56 Å². The van der Waals surface area contributed by atoms with Crippen LogP contribution in [0.5, 0.6) is 0 Å². The number of oxime groups is 1. The van der Waals surface area contributed by atoms with E-state index in [-0.39, 0.29) is 17.7 Å². The van der Waals surface area contributed by atoms with Gasteiger partial charge in [-0.1, -0.05) is 53.7 Å². The molecule has 0 amide bonds. The maximum atomic E-state index is 12.9. The highest BCUT2D eigenvalue weighted by atomic mass is 19.4. The molecule has 0 fully saturated rings. The van der Waals surface area contributed by atoms with Crippen molar-refractivity contribution in [3.63, 3.8) is 0 Å². The van der Waals surface area contributed by atoms with E-state index in [1.54, 1.807) is 30.3 Å². The number of hydrogen-bond donors (Lipinski definition) is 1. The van der Waals surface area contributed by atoms with Gasteiger partial charge in [-0.3, -0.25) is 0 Å². The molecule has 0 aromatic heterocycles. The van der Waals surface area contributed by atoms with Crippen molar-refractivity contribution in [1.82, 2.24) is 0 Å². The van der Waals surface area contributed by atoms with Gasteiger partial charge in [-0.25, -0.2) is 0 Å². The molecule has 2 rings (SSSR count). The van der Waals surface area contributed by atoms with E-state index in [9.17, 15) is 13.2 Å². The van der Waals surface area contributed by atoms with Crippen molar-refractivity contribution in [2.24, 2.45) is 5.16 Å². The van der Waals surface area contributed by atoms with Crippen molar-refractivity contribution >= 4 is 5.71 Å². The molecule has 0 saturated heterocycles. The van der Waals surface area contributed by atoms with Crippen LogP contribution in [0.25, 0.3) is 0 Å². The van der Waals surface area contributed by atoms with Crippen LogP contribution in [0, 0.1) is 0 Å². The molecule has 0 aliphatic rings. The first-order valence-corrected chi connectivity index (χ1v) is 5.94. The third-order valence-electron chi connectivity index (χ3n) is 2.91. The first-order valence-electron chi connectivity index (χ1n) is 5.94. The summed E-state index contributed by atoms with van der Waals surface area (Å²) in [5.74, 6) is 0. The number of alkyl halides is 3. The number of benzene rings is 2. The molecule has 2 nitrogen and oxygen atoms in total. The van der Waals surface area contributed by atoms with Crippen molar-refractivity contribution in [2.45, 2.75) is 12.6 Å². The van der Waals surface area contributed by atoms with Gasteiger partial charge in [0, 0.05) is 6.42 Å². The average Bonchev–Trinajstić information content (AvgIpc) is 2.45. The van der Waals surface area contributed by atoms with E-state index >= 15 is 0 Å². The summed E-state index contributed by atoms with van der Waals surface area (Å²) in [6.07, 6.45) is -4.51. The number of hydrogen-bond acceptors (Lipinski definition) is 2. The van der Waals surface area contributed by atoms with Crippen LogP contribution in [-0.4, -0.2) is 10.9 Å². The van der Waals surface area contributed by atoms with Gasteiger partial charge in [0.1, 0.15) is 0 Å². The Hall–Kier alpha value is -2.30. The van der Waals surface area contributed by atoms with Gasteiger partial charge in [-0.05, 0) is 17.2 Å². The number of halogens is 3. The van der Waals surface area contributed by atoms with Gasteiger partial charge in [0.2, 0.25) is 0 Å².